The van der Waals surface area contributed by atoms with Crippen LogP contribution in [0.1, 0.15) is 11.1 Å². The van der Waals surface area contributed by atoms with Gasteiger partial charge >= 0.3 is 0 Å². The Hall–Kier alpha value is -1.56. The molecule has 0 amide bonds. The molecule has 3 nitrogen and oxygen atoms in total. The number of anilines is 1. The van der Waals surface area contributed by atoms with E-state index in [2.05, 4.69) is 22.6 Å². The number of aryl methyl sites for hydroxylation is 1. The summed E-state index contributed by atoms with van der Waals surface area (Å²) in [5.41, 5.74) is 0.430. The molecule has 6 heteroatoms. The number of nitrogens with zero attached hydrogens (tertiary/aromatic N) is 2. The summed E-state index contributed by atoms with van der Waals surface area (Å²) >= 11 is 3.83. The van der Waals surface area contributed by atoms with Gasteiger partial charge in [-0.15, -0.1) is 0 Å². The quantitative estimate of drug-likeness (QED) is 0.826. The SMILES string of the molecule is Cc1ccc(F)c(Cn2ccc(NS)n2)c1F. The lowest BCUT2D eigenvalue weighted by Crippen LogP contribution is -2.06. The van der Waals surface area contributed by atoms with Crippen molar-refractivity contribution in [1.82, 2.24) is 9.78 Å². The fraction of sp³-hybridized carbons (Fsp3) is 0.182. The summed E-state index contributed by atoms with van der Waals surface area (Å²) in [5, 5.41) is 4.03. The number of hydrogen-bond acceptors (Lipinski definition) is 3. The smallest absolute Gasteiger partial charge is 0.157 e. The molecule has 0 aliphatic rings. The minimum atomic E-state index is -0.566. The van der Waals surface area contributed by atoms with Crippen molar-refractivity contribution < 1.29 is 8.78 Å². The van der Waals surface area contributed by atoms with Gasteiger partial charge in [0, 0.05) is 17.8 Å². The number of thiol groups is 1. The lowest BCUT2D eigenvalue weighted by molar-refractivity contribution is 0.528. The Kier molecular flexibility index (Phi) is 3.33. The van der Waals surface area contributed by atoms with Crippen LogP contribution in [-0.2, 0) is 6.54 Å². The van der Waals surface area contributed by atoms with Crippen molar-refractivity contribution in [3.05, 3.63) is 47.2 Å². The number of hydrogen-bond donors (Lipinski definition) is 2. The summed E-state index contributed by atoms with van der Waals surface area (Å²) < 4.78 is 31.2. The zero-order valence-electron chi connectivity index (χ0n) is 9.11. The summed E-state index contributed by atoms with van der Waals surface area (Å²) in [7, 11) is 0. The van der Waals surface area contributed by atoms with Crippen LogP contribution >= 0.6 is 12.8 Å². The molecule has 0 bridgehead atoms. The molecular formula is C11H11F2N3S. The minimum Gasteiger partial charge on any atom is -0.316 e. The molecule has 1 aromatic carbocycles. The Morgan fingerprint density at radius 1 is 1.35 bits per heavy atom. The predicted molar refractivity (Wildman–Crippen MR) is 65.0 cm³/mol. The molecule has 0 atom stereocenters. The lowest BCUT2D eigenvalue weighted by Gasteiger charge is -2.07. The Labute approximate surface area is 103 Å². The number of benzene rings is 1. The van der Waals surface area contributed by atoms with Crippen LogP contribution in [-0.4, -0.2) is 9.78 Å². The van der Waals surface area contributed by atoms with Crippen LogP contribution in [0, 0.1) is 18.6 Å². The van der Waals surface area contributed by atoms with Crippen LogP contribution in [0.3, 0.4) is 0 Å². The molecule has 0 radical (unpaired) electrons. The fourth-order valence-corrected chi connectivity index (χ4v) is 1.65. The van der Waals surface area contributed by atoms with Crippen molar-refractivity contribution in [2.24, 2.45) is 0 Å². The Morgan fingerprint density at radius 2 is 2.12 bits per heavy atom. The zero-order chi connectivity index (χ0) is 12.4. The second-order valence-electron chi connectivity index (χ2n) is 3.67. The van der Waals surface area contributed by atoms with Gasteiger partial charge in [0.1, 0.15) is 11.6 Å². The molecule has 0 spiro atoms. The summed E-state index contributed by atoms with van der Waals surface area (Å²) in [6, 6.07) is 4.34. The van der Waals surface area contributed by atoms with E-state index >= 15 is 0 Å². The van der Waals surface area contributed by atoms with Crippen LogP contribution in [0.25, 0.3) is 0 Å². The average Bonchev–Trinajstić information content (AvgIpc) is 2.77. The number of aromatic nitrogens is 2. The van der Waals surface area contributed by atoms with Gasteiger partial charge in [0.25, 0.3) is 0 Å². The van der Waals surface area contributed by atoms with E-state index in [0.29, 0.717) is 11.4 Å². The second-order valence-corrected chi connectivity index (χ2v) is 3.89. The number of halogens is 2. The van der Waals surface area contributed by atoms with Crippen molar-refractivity contribution in [3.8, 4) is 0 Å². The summed E-state index contributed by atoms with van der Waals surface area (Å²) in [4.78, 5) is 0. The third-order valence-corrected chi connectivity index (χ3v) is 2.68. The van der Waals surface area contributed by atoms with Crippen molar-refractivity contribution in [2.75, 3.05) is 4.72 Å². The second kappa shape index (κ2) is 4.75. The van der Waals surface area contributed by atoms with Gasteiger partial charge in [-0.1, -0.05) is 18.9 Å². The van der Waals surface area contributed by atoms with Crippen molar-refractivity contribution in [1.29, 1.82) is 0 Å². The average molecular weight is 255 g/mol. The lowest BCUT2D eigenvalue weighted by atomic mass is 10.1. The predicted octanol–water partition coefficient (Wildman–Crippen LogP) is 2.77. The van der Waals surface area contributed by atoms with E-state index in [1.54, 1.807) is 19.2 Å². The maximum Gasteiger partial charge on any atom is 0.157 e. The molecule has 0 aliphatic heterocycles. The zero-order valence-corrected chi connectivity index (χ0v) is 10.0. The standard InChI is InChI=1S/C11H11F2N3S/c1-7-2-3-9(12)8(11(7)13)6-16-5-4-10(14-16)15-17/h2-5,17H,6H2,1H3,(H,14,15). The molecule has 2 aromatic rings. The normalized spacial score (nSPS) is 10.6. The summed E-state index contributed by atoms with van der Waals surface area (Å²) in [6.45, 7) is 1.65. The van der Waals surface area contributed by atoms with Gasteiger partial charge in [0.2, 0.25) is 0 Å². The van der Waals surface area contributed by atoms with Crippen LogP contribution in [0.5, 0.6) is 0 Å². The molecule has 0 unspecified atom stereocenters. The molecule has 1 aromatic heterocycles. The first-order chi connectivity index (χ1) is 8.11. The highest BCUT2D eigenvalue weighted by atomic mass is 32.1. The maximum absolute atomic E-state index is 13.7. The number of nitrogens with one attached hydrogen (secondary N) is 1. The molecule has 0 aliphatic carbocycles. The largest absolute Gasteiger partial charge is 0.316 e. The van der Waals surface area contributed by atoms with E-state index in [1.165, 1.54) is 16.8 Å². The fourth-order valence-electron chi connectivity index (χ4n) is 1.53. The van der Waals surface area contributed by atoms with Gasteiger partial charge in [0.15, 0.2) is 5.82 Å². The first-order valence-corrected chi connectivity index (χ1v) is 5.43. The van der Waals surface area contributed by atoms with Crippen molar-refractivity contribution in [2.45, 2.75) is 13.5 Å². The van der Waals surface area contributed by atoms with Gasteiger partial charge in [0.05, 0.1) is 6.54 Å². The molecule has 17 heavy (non-hydrogen) atoms. The highest BCUT2D eigenvalue weighted by Crippen LogP contribution is 2.17. The minimum absolute atomic E-state index is 0.0128. The van der Waals surface area contributed by atoms with Crippen LogP contribution in [0.15, 0.2) is 24.4 Å². The van der Waals surface area contributed by atoms with E-state index in [-0.39, 0.29) is 12.1 Å². The Balaban J connectivity index is 2.32. The maximum atomic E-state index is 13.7. The van der Waals surface area contributed by atoms with Crippen LogP contribution in [0.4, 0.5) is 14.6 Å². The van der Waals surface area contributed by atoms with E-state index in [0.717, 1.165) is 0 Å². The molecule has 0 saturated heterocycles. The molecule has 1 heterocycles. The van der Waals surface area contributed by atoms with E-state index in [4.69, 9.17) is 0 Å². The molecular weight excluding hydrogens is 244 g/mol. The first-order valence-electron chi connectivity index (χ1n) is 4.99. The molecule has 1 N–H and O–H groups in total. The van der Waals surface area contributed by atoms with Gasteiger partial charge in [-0.3, -0.25) is 4.68 Å². The van der Waals surface area contributed by atoms with E-state index < -0.39 is 11.6 Å². The van der Waals surface area contributed by atoms with Gasteiger partial charge in [-0.05, 0) is 18.6 Å². The van der Waals surface area contributed by atoms with E-state index in [9.17, 15) is 8.78 Å². The highest BCUT2D eigenvalue weighted by molar-refractivity contribution is 7.81. The topological polar surface area (TPSA) is 29.9 Å². The third kappa shape index (κ3) is 2.41. The van der Waals surface area contributed by atoms with Gasteiger partial charge in [-0.2, -0.15) is 5.10 Å². The summed E-state index contributed by atoms with van der Waals surface area (Å²) in [6.07, 6.45) is 1.62. The molecule has 90 valence electrons. The van der Waals surface area contributed by atoms with Crippen molar-refractivity contribution in [3.63, 3.8) is 0 Å². The van der Waals surface area contributed by atoms with Crippen LogP contribution in [0.2, 0.25) is 0 Å². The highest BCUT2D eigenvalue weighted by Gasteiger charge is 2.12. The third-order valence-electron chi connectivity index (χ3n) is 2.45. The monoisotopic (exact) mass is 255 g/mol. The number of rotatable bonds is 3. The first kappa shape index (κ1) is 11.9. The summed E-state index contributed by atoms with van der Waals surface area (Å²) in [5.74, 6) is -0.563. The van der Waals surface area contributed by atoms with E-state index in [1.807, 2.05) is 0 Å². The van der Waals surface area contributed by atoms with Crippen molar-refractivity contribution >= 4 is 18.6 Å². The molecule has 0 fully saturated rings. The van der Waals surface area contributed by atoms with Gasteiger partial charge < -0.3 is 4.72 Å². The Bertz CT molecular complexity index is 540. The van der Waals surface area contributed by atoms with Gasteiger partial charge in [-0.25, -0.2) is 8.78 Å². The van der Waals surface area contributed by atoms with Crippen LogP contribution < -0.4 is 4.72 Å². The molecule has 2 rings (SSSR count). The Morgan fingerprint density at radius 3 is 2.76 bits per heavy atom. The molecule has 0 saturated carbocycles.